The molecule has 0 aliphatic carbocycles. The second-order valence-corrected chi connectivity index (χ2v) is 4.73. The van der Waals surface area contributed by atoms with Crippen LogP contribution in [-0.2, 0) is 0 Å². The standard InChI is InChI=1S/C15H21N3/c1-3-4-8-15(18-16)13-10-11(2)17-14-9-6-5-7-12(13)14/h5-7,9-10,15,18H,3-4,8,16H2,1-2H3. The van der Waals surface area contributed by atoms with Crippen LogP contribution >= 0.6 is 0 Å². The maximum Gasteiger partial charge on any atom is 0.0708 e. The molecule has 1 aromatic carbocycles. The third kappa shape index (κ3) is 2.68. The van der Waals surface area contributed by atoms with E-state index in [-0.39, 0.29) is 6.04 Å². The molecule has 0 bridgehead atoms. The van der Waals surface area contributed by atoms with E-state index in [1.807, 2.05) is 13.0 Å². The number of nitrogens with one attached hydrogen (secondary N) is 1. The first-order valence-electron chi connectivity index (χ1n) is 6.58. The van der Waals surface area contributed by atoms with Crippen LogP contribution in [0.4, 0.5) is 0 Å². The van der Waals surface area contributed by atoms with E-state index in [0.717, 1.165) is 17.6 Å². The Hall–Kier alpha value is -1.45. The normalized spacial score (nSPS) is 12.8. The maximum absolute atomic E-state index is 5.72. The number of rotatable bonds is 5. The van der Waals surface area contributed by atoms with Crippen LogP contribution < -0.4 is 11.3 Å². The Balaban J connectivity index is 2.47. The summed E-state index contributed by atoms with van der Waals surface area (Å²) in [6.45, 7) is 4.23. The number of nitrogens with two attached hydrogens (primary N) is 1. The summed E-state index contributed by atoms with van der Waals surface area (Å²) in [7, 11) is 0. The van der Waals surface area contributed by atoms with E-state index in [9.17, 15) is 0 Å². The van der Waals surface area contributed by atoms with Crippen LogP contribution in [0.5, 0.6) is 0 Å². The zero-order valence-electron chi connectivity index (χ0n) is 11.1. The lowest BCUT2D eigenvalue weighted by Crippen LogP contribution is -2.28. The number of nitrogens with zero attached hydrogens (tertiary/aromatic N) is 1. The number of pyridine rings is 1. The van der Waals surface area contributed by atoms with Crippen molar-refractivity contribution in [3.05, 3.63) is 41.6 Å². The monoisotopic (exact) mass is 243 g/mol. The highest BCUT2D eigenvalue weighted by atomic mass is 15.2. The summed E-state index contributed by atoms with van der Waals surface area (Å²) in [5, 5.41) is 1.20. The Morgan fingerprint density at radius 2 is 2.11 bits per heavy atom. The van der Waals surface area contributed by atoms with Gasteiger partial charge in [0.1, 0.15) is 0 Å². The number of hydrogen-bond acceptors (Lipinski definition) is 3. The third-order valence-electron chi connectivity index (χ3n) is 3.30. The Kier molecular flexibility index (Phi) is 4.28. The molecule has 0 amide bonds. The van der Waals surface area contributed by atoms with Gasteiger partial charge in [-0.25, -0.2) is 0 Å². The number of hydrogen-bond donors (Lipinski definition) is 2. The number of fused-ring (bicyclic) bond motifs is 1. The van der Waals surface area contributed by atoms with Crippen LogP contribution in [-0.4, -0.2) is 4.98 Å². The van der Waals surface area contributed by atoms with E-state index in [1.165, 1.54) is 23.8 Å². The number of unbranched alkanes of at least 4 members (excludes halogenated alkanes) is 1. The van der Waals surface area contributed by atoms with E-state index in [2.05, 4.69) is 41.6 Å². The van der Waals surface area contributed by atoms with Crippen LogP contribution in [0.3, 0.4) is 0 Å². The van der Waals surface area contributed by atoms with Gasteiger partial charge in [-0.2, -0.15) is 0 Å². The molecule has 0 saturated heterocycles. The van der Waals surface area contributed by atoms with Crippen LogP contribution in [0.15, 0.2) is 30.3 Å². The largest absolute Gasteiger partial charge is 0.271 e. The summed E-state index contributed by atoms with van der Waals surface area (Å²) in [5.41, 5.74) is 6.29. The van der Waals surface area contributed by atoms with Crippen LogP contribution in [0.1, 0.15) is 43.5 Å². The quantitative estimate of drug-likeness (QED) is 0.626. The van der Waals surface area contributed by atoms with E-state index >= 15 is 0 Å². The topological polar surface area (TPSA) is 50.9 Å². The first kappa shape index (κ1) is 13.0. The summed E-state index contributed by atoms with van der Waals surface area (Å²) in [6, 6.07) is 10.6. The molecule has 0 fully saturated rings. The van der Waals surface area contributed by atoms with Gasteiger partial charge in [0.15, 0.2) is 0 Å². The molecule has 0 spiro atoms. The van der Waals surface area contributed by atoms with Gasteiger partial charge in [-0.1, -0.05) is 38.0 Å². The van der Waals surface area contributed by atoms with E-state index in [4.69, 9.17) is 5.84 Å². The summed E-state index contributed by atoms with van der Waals surface area (Å²) >= 11 is 0. The van der Waals surface area contributed by atoms with Crippen molar-refractivity contribution in [1.29, 1.82) is 0 Å². The molecule has 0 aliphatic rings. The number of benzene rings is 1. The molecule has 2 rings (SSSR count). The minimum Gasteiger partial charge on any atom is -0.271 e. The molecule has 1 atom stereocenters. The Morgan fingerprint density at radius 3 is 2.83 bits per heavy atom. The number of hydrazine groups is 1. The van der Waals surface area contributed by atoms with Crippen molar-refractivity contribution in [1.82, 2.24) is 10.4 Å². The van der Waals surface area contributed by atoms with Gasteiger partial charge < -0.3 is 0 Å². The van der Waals surface area contributed by atoms with Crippen molar-refractivity contribution in [2.24, 2.45) is 5.84 Å². The molecule has 18 heavy (non-hydrogen) atoms. The SMILES string of the molecule is CCCCC(NN)c1cc(C)nc2ccccc12. The molecule has 3 heteroatoms. The van der Waals surface area contributed by atoms with Gasteiger partial charge in [0.25, 0.3) is 0 Å². The minimum absolute atomic E-state index is 0.205. The van der Waals surface area contributed by atoms with Gasteiger partial charge in [-0.05, 0) is 31.0 Å². The zero-order valence-corrected chi connectivity index (χ0v) is 11.1. The van der Waals surface area contributed by atoms with Gasteiger partial charge in [-0.15, -0.1) is 0 Å². The van der Waals surface area contributed by atoms with Crippen molar-refractivity contribution in [3.63, 3.8) is 0 Å². The lowest BCUT2D eigenvalue weighted by molar-refractivity contribution is 0.497. The van der Waals surface area contributed by atoms with E-state index in [1.54, 1.807) is 0 Å². The number of aromatic nitrogens is 1. The highest BCUT2D eigenvalue weighted by Crippen LogP contribution is 2.26. The maximum atomic E-state index is 5.72. The summed E-state index contributed by atoms with van der Waals surface area (Å²) in [5.74, 6) is 5.72. The highest BCUT2D eigenvalue weighted by molar-refractivity contribution is 5.82. The van der Waals surface area contributed by atoms with Gasteiger partial charge in [-0.3, -0.25) is 16.3 Å². The van der Waals surface area contributed by atoms with Gasteiger partial charge in [0.2, 0.25) is 0 Å². The van der Waals surface area contributed by atoms with Gasteiger partial charge >= 0.3 is 0 Å². The molecule has 3 nitrogen and oxygen atoms in total. The highest BCUT2D eigenvalue weighted by Gasteiger charge is 2.13. The lowest BCUT2D eigenvalue weighted by Gasteiger charge is -2.18. The van der Waals surface area contributed by atoms with Crippen molar-refractivity contribution in [2.45, 2.75) is 39.2 Å². The predicted octanol–water partition coefficient (Wildman–Crippen LogP) is 3.24. The van der Waals surface area contributed by atoms with Crippen molar-refractivity contribution in [2.75, 3.05) is 0 Å². The van der Waals surface area contributed by atoms with Crippen molar-refractivity contribution >= 4 is 10.9 Å². The molecule has 0 radical (unpaired) electrons. The molecule has 1 unspecified atom stereocenters. The lowest BCUT2D eigenvalue weighted by atomic mass is 9.97. The van der Waals surface area contributed by atoms with Crippen molar-refractivity contribution < 1.29 is 0 Å². The molecular weight excluding hydrogens is 222 g/mol. The van der Waals surface area contributed by atoms with Crippen LogP contribution in [0, 0.1) is 6.92 Å². The smallest absolute Gasteiger partial charge is 0.0708 e. The molecule has 96 valence electrons. The summed E-state index contributed by atoms with van der Waals surface area (Å²) in [6.07, 6.45) is 3.41. The number of para-hydroxylation sites is 1. The molecular formula is C15H21N3. The minimum atomic E-state index is 0.205. The van der Waals surface area contributed by atoms with E-state index in [0.29, 0.717) is 0 Å². The van der Waals surface area contributed by atoms with Crippen LogP contribution in [0.2, 0.25) is 0 Å². The van der Waals surface area contributed by atoms with Crippen LogP contribution in [0.25, 0.3) is 10.9 Å². The molecule has 3 N–H and O–H groups in total. The summed E-state index contributed by atoms with van der Waals surface area (Å²) in [4.78, 5) is 4.56. The second kappa shape index (κ2) is 5.94. The summed E-state index contributed by atoms with van der Waals surface area (Å²) < 4.78 is 0. The molecule has 2 aromatic rings. The van der Waals surface area contributed by atoms with Gasteiger partial charge in [0.05, 0.1) is 5.52 Å². The third-order valence-corrected chi connectivity index (χ3v) is 3.30. The predicted molar refractivity (Wildman–Crippen MR) is 76.1 cm³/mol. The fourth-order valence-electron chi connectivity index (χ4n) is 2.37. The first-order valence-corrected chi connectivity index (χ1v) is 6.58. The number of aryl methyl sites for hydroxylation is 1. The molecule has 1 aromatic heterocycles. The average molecular weight is 243 g/mol. The fraction of sp³-hybridized carbons (Fsp3) is 0.400. The Bertz CT molecular complexity index is 522. The first-order chi connectivity index (χ1) is 8.76. The molecule has 1 heterocycles. The zero-order chi connectivity index (χ0) is 13.0. The van der Waals surface area contributed by atoms with E-state index < -0.39 is 0 Å². The van der Waals surface area contributed by atoms with Gasteiger partial charge in [0, 0.05) is 17.1 Å². The van der Waals surface area contributed by atoms with Crippen molar-refractivity contribution in [3.8, 4) is 0 Å². The molecule has 0 saturated carbocycles. The Labute approximate surface area is 108 Å². The Morgan fingerprint density at radius 1 is 1.33 bits per heavy atom. The molecule has 0 aliphatic heterocycles. The average Bonchev–Trinajstić information content (AvgIpc) is 2.39. The second-order valence-electron chi connectivity index (χ2n) is 4.73. The fourth-order valence-corrected chi connectivity index (χ4v) is 2.37.